The Morgan fingerprint density at radius 3 is 1.45 bits per heavy atom. The van der Waals surface area contributed by atoms with Crippen LogP contribution in [0.25, 0.3) is 22.5 Å². The second kappa shape index (κ2) is 19.0. The van der Waals surface area contributed by atoms with Gasteiger partial charge in [0.15, 0.2) is 16.7 Å². The van der Waals surface area contributed by atoms with Gasteiger partial charge in [0.1, 0.15) is 0 Å². The zero-order chi connectivity index (χ0) is 48.4. The van der Waals surface area contributed by atoms with Crippen LogP contribution < -0.4 is 14.8 Å². The number of nitrogens with one attached hydrogen (secondary N) is 3. The largest absolute Gasteiger partial charge is 0.481 e. The fourth-order valence-electron chi connectivity index (χ4n) is 8.04. The van der Waals surface area contributed by atoms with E-state index in [1.54, 1.807) is 97.2 Å². The van der Waals surface area contributed by atoms with Crippen molar-refractivity contribution in [3.05, 3.63) is 143 Å². The maximum absolute atomic E-state index is 13.2. The van der Waals surface area contributed by atoms with Crippen LogP contribution in [-0.4, -0.2) is 97.4 Å². The Morgan fingerprint density at radius 1 is 0.642 bits per heavy atom. The number of amidine groups is 1. The van der Waals surface area contributed by atoms with Crippen LogP contribution in [-0.2, 0) is 9.59 Å². The molecule has 0 spiro atoms. The van der Waals surface area contributed by atoms with Crippen molar-refractivity contribution < 1.29 is 33.8 Å². The van der Waals surface area contributed by atoms with E-state index in [4.69, 9.17) is 25.3 Å². The Hall–Kier alpha value is -7.79. The first-order valence-corrected chi connectivity index (χ1v) is 21.9. The average Bonchev–Trinajstić information content (AvgIpc) is 3.31. The third kappa shape index (κ3) is 9.49. The maximum atomic E-state index is 13.2. The summed E-state index contributed by atoms with van der Waals surface area (Å²) in [5, 5.41) is 27.4. The molecule has 0 saturated heterocycles. The molecule has 2 aliphatic rings. The zero-order valence-corrected chi connectivity index (χ0v) is 38.9. The highest BCUT2D eigenvalue weighted by Crippen LogP contribution is 2.53. The second-order valence-electron chi connectivity index (χ2n) is 17.4. The van der Waals surface area contributed by atoms with E-state index in [9.17, 15) is 24.3 Å². The molecular weight excluding hydrogens is 871 g/mol. The highest BCUT2D eigenvalue weighted by Gasteiger charge is 2.46. The monoisotopic (exact) mass is 919 g/mol. The molecule has 2 atom stereocenters. The Morgan fingerprint density at radius 2 is 1.06 bits per heavy atom. The van der Waals surface area contributed by atoms with Crippen molar-refractivity contribution in [3.8, 4) is 45.8 Å². The number of carbonyl (C=O) groups is 4. The first kappa shape index (κ1) is 47.2. The number of pyridine rings is 4. The smallest absolute Gasteiger partial charge is 0.310 e. The summed E-state index contributed by atoms with van der Waals surface area (Å²) in [5.74, 6) is -0.513. The van der Waals surface area contributed by atoms with E-state index in [2.05, 4.69) is 20.3 Å². The van der Waals surface area contributed by atoms with Gasteiger partial charge < -0.3 is 35.1 Å². The van der Waals surface area contributed by atoms with Crippen molar-refractivity contribution in [3.63, 3.8) is 0 Å². The minimum atomic E-state index is -1.08. The number of carboxylic acid groups (broad SMARTS) is 1. The topological polar surface area (TPSA) is 225 Å². The minimum absolute atomic E-state index is 0.0730. The second-order valence-corrected chi connectivity index (χ2v) is 18.3. The number of rotatable bonds is 9. The van der Waals surface area contributed by atoms with Crippen LogP contribution >= 0.6 is 11.8 Å². The molecule has 0 radical (unpaired) electrons. The van der Waals surface area contributed by atoms with E-state index < -0.39 is 28.6 Å². The predicted octanol–water partition coefficient (Wildman–Crippen LogP) is 8.69. The van der Waals surface area contributed by atoms with Crippen molar-refractivity contribution >= 4 is 46.2 Å². The molecule has 8 rings (SSSR count). The highest BCUT2D eigenvalue weighted by molar-refractivity contribution is 8.24. The molecule has 2 aromatic carbocycles. The number of ether oxygens (including phenoxy) is 2. The molecule has 4 N–H and O–H groups in total. The lowest BCUT2D eigenvalue weighted by atomic mass is 9.70. The van der Waals surface area contributed by atoms with Crippen LogP contribution in [0.4, 0.5) is 0 Å². The number of fused-ring (bicyclic) bond motifs is 4. The Balaban J connectivity index is 0.000000201. The molecule has 4 aromatic heterocycles. The normalized spacial score (nSPS) is 14.4. The van der Waals surface area contributed by atoms with Crippen molar-refractivity contribution in [1.82, 2.24) is 35.1 Å². The van der Waals surface area contributed by atoms with E-state index in [1.165, 1.54) is 9.80 Å². The summed E-state index contributed by atoms with van der Waals surface area (Å²) in [6.07, 6.45) is 6.47. The summed E-state index contributed by atoms with van der Waals surface area (Å²) in [6.45, 7) is 7.02. The number of nitrogens with zero attached hydrogens (tertiary/aromatic N) is 6. The maximum Gasteiger partial charge on any atom is 0.310 e. The van der Waals surface area contributed by atoms with Gasteiger partial charge in [0.2, 0.25) is 17.7 Å². The number of thioether (sulfide) groups is 1. The third-order valence-corrected chi connectivity index (χ3v) is 12.2. The Kier molecular flexibility index (Phi) is 13.4. The molecule has 67 heavy (non-hydrogen) atoms. The number of aromatic nitrogens is 4. The number of carbonyl (C=O) groups excluding carboxylic acids is 3. The van der Waals surface area contributed by atoms with Gasteiger partial charge in [-0.15, -0.1) is 0 Å². The van der Waals surface area contributed by atoms with Gasteiger partial charge in [-0.25, -0.2) is 9.97 Å². The number of carboxylic acids is 1. The Labute approximate surface area is 391 Å². The number of amides is 3. The van der Waals surface area contributed by atoms with Crippen molar-refractivity contribution in [2.45, 2.75) is 39.5 Å². The summed E-state index contributed by atoms with van der Waals surface area (Å²) in [5.41, 5.74) is 6.10. The fraction of sp³-hybridized carbons (Fsp3) is 0.240. The molecule has 0 fully saturated rings. The van der Waals surface area contributed by atoms with Gasteiger partial charge in [0.25, 0.3) is 11.8 Å². The molecule has 0 saturated carbocycles. The number of hydrogen-bond donors (Lipinski definition) is 4. The van der Waals surface area contributed by atoms with Crippen LogP contribution in [0.15, 0.2) is 110 Å². The van der Waals surface area contributed by atoms with Gasteiger partial charge in [0, 0.05) is 96.9 Å². The van der Waals surface area contributed by atoms with Gasteiger partial charge >= 0.3 is 5.97 Å². The number of aliphatic carboxylic acids is 1. The van der Waals surface area contributed by atoms with Crippen LogP contribution in [0.5, 0.6) is 23.3 Å². The zero-order valence-electron chi connectivity index (χ0n) is 38.1. The molecule has 2 aliphatic heterocycles. The average molecular weight is 920 g/mol. The summed E-state index contributed by atoms with van der Waals surface area (Å²) in [4.78, 5) is 70.4. The van der Waals surface area contributed by atoms with E-state index >= 15 is 0 Å². The predicted molar refractivity (Wildman–Crippen MR) is 255 cm³/mol. The summed E-state index contributed by atoms with van der Waals surface area (Å²) < 4.78 is 12.1. The van der Waals surface area contributed by atoms with E-state index in [-0.39, 0.29) is 22.9 Å². The molecule has 6 heterocycles. The van der Waals surface area contributed by atoms with Gasteiger partial charge in [-0.2, -0.15) is 0 Å². The van der Waals surface area contributed by atoms with Gasteiger partial charge in [-0.05, 0) is 74.1 Å². The van der Waals surface area contributed by atoms with Crippen molar-refractivity contribution in [1.29, 1.82) is 10.8 Å². The standard InChI is InChI=1S/C26H26N6O3S.C24H23N3O4/c1-26(2,24(34)31-25(28)36-14-27)21-17-11-12-29-13-20(17)35-22-18(21)9-10-19(30-22)15-5-7-16(8-6-15)23(33)32(3)4;1-24(2,23(29)30)20-16-11-12-25-13-19(16)31-21-17(20)9-10-18(26-21)14-5-7-15(8-6-14)22(28)27(3)4/h5-14,21,27H,1-4H3,(H2,28,31,34);5-13,20H,1-4H3,(H,29,30). The van der Waals surface area contributed by atoms with Crippen LogP contribution in [0.2, 0.25) is 0 Å². The summed E-state index contributed by atoms with van der Waals surface area (Å²) >= 11 is 0.820. The third-order valence-electron chi connectivity index (χ3n) is 11.7. The molecule has 0 bridgehead atoms. The van der Waals surface area contributed by atoms with Crippen LogP contribution in [0.1, 0.15) is 82.5 Å². The highest BCUT2D eigenvalue weighted by atomic mass is 32.2. The SMILES string of the molecule is CN(C)C(=O)c1ccc(-c2ccc3c(n2)Oc2cnccc2C3C(C)(C)C(=O)NC(=N)SC=N)cc1.CN(C)C(=O)c1ccc(-c2ccc3c(n2)Oc2cnccc2C3C(C)(C)C(=O)O)cc1. The Bertz CT molecular complexity index is 2920. The van der Waals surface area contributed by atoms with E-state index in [0.717, 1.165) is 45.1 Å². The molecule has 17 heteroatoms. The first-order chi connectivity index (χ1) is 31.8. The van der Waals surface area contributed by atoms with Gasteiger partial charge in [0.05, 0.1) is 40.2 Å². The molecule has 6 aromatic rings. The van der Waals surface area contributed by atoms with Crippen LogP contribution in [0, 0.1) is 21.6 Å². The van der Waals surface area contributed by atoms with Gasteiger partial charge in [-0.1, -0.05) is 50.2 Å². The van der Waals surface area contributed by atoms with Crippen molar-refractivity contribution in [2.75, 3.05) is 28.2 Å². The lowest BCUT2D eigenvalue weighted by Crippen LogP contribution is -2.43. The number of hydrogen-bond acceptors (Lipinski definition) is 13. The lowest BCUT2D eigenvalue weighted by Gasteiger charge is -2.37. The molecular formula is C50H49N9O7S. The lowest BCUT2D eigenvalue weighted by molar-refractivity contribution is -0.147. The molecule has 16 nitrogen and oxygen atoms in total. The van der Waals surface area contributed by atoms with Gasteiger partial charge in [-0.3, -0.25) is 34.6 Å². The molecule has 342 valence electrons. The molecule has 0 aliphatic carbocycles. The van der Waals surface area contributed by atoms with Crippen molar-refractivity contribution in [2.24, 2.45) is 10.8 Å². The molecule has 2 unspecified atom stereocenters. The summed E-state index contributed by atoms with van der Waals surface area (Å²) in [6, 6.07) is 25.5. The summed E-state index contributed by atoms with van der Waals surface area (Å²) in [7, 11) is 6.83. The van der Waals surface area contributed by atoms with E-state index in [0.29, 0.717) is 51.3 Å². The minimum Gasteiger partial charge on any atom is -0.481 e. The molecule has 3 amide bonds. The number of benzene rings is 2. The quantitative estimate of drug-likeness (QED) is 0.0790. The fourth-order valence-corrected chi connectivity index (χ4v) is 8.31. The first-order valence-electron chi connectivity index (χ1n) is 21.0. The van der Waals surface area contributed by atoms with Crippen LogP contribution in [0.3, 0.4) is 0 Å². The van der Waals surface area contributed by atoms with E-state index in [1.807, 2.05) is 68.4 Å².